The van der Waals surface area contributed by atoms with Crippen LogP contribution in [0.5, 0.6) is 0 Å². The Morgan fingerprint density at radius 1 is 0.786 bits per heavy atom. The fourth-order valence-corrected chi connectivity index (χ4v) is 5.19. The Bertz CT molecular complexity index is 1160. The number of fused-ring (bicyclic) bond motifs is 3. The van der Waals surface area contributed by atoms with Gasteiger partial charge in [-0.3, -0.25) is 0 Å². The highest BCUT2D eigenvalue weighted by molar-refractivity contribution is 7.26. The van der Waals surface area contributed by atoms with Crippen molar-refractivity contribution >= 4 is 42.9 Å². The van der Waals surface area contributed by atoms with Gasteiger partial charge < -0.3 is 4.90 Å². The monoisotopic (exact) mass is 399 g/mol. The molecule has 4 aromatic rings. The number of benzene rings is 3. The molecule has 144 valence electrons. The van der Waals surface area contributed by atoms with Gasteiger partial charge in [-0.25, -0.2) is 0 Å². The summed E-state index contributed by atoms with van der Waals surface area (Å²) < 4.78 is 42.8. The molecule has 0 aliphatic carbocycles. The molecule has 1 heterocycles. The molecule has 1 nitrogen and oxygen atoms in total. The summed E-state index contributed by atoms with van der Waals surface area (Å²) in [4.78, 5) is 1.65. The van der Waals surface area contributed by atoms with E-state index >= 15 is 0 Å². The van der Waals surface area contributed by atoms with Gasteiger partial charge in [-0.2, -0.15) is 13.2 Å². The molecule has 4 rings (SSSR count). The van der Waals surface area contributed by atoms with Crippen LogP contribution in [0, 0.1) is 0 Å². The van der Waals surface area contributed by atoms with Crippen LogP contribution in [0.25, 0.3) is 20.2 Å². The van der Waals surface area contributed by atoms with Crippen LogP contribution in [-0.4, -0.2) is 7.05 Å². The van der Waals surface area contributed by atoms with E-state index in [-0.39, 0.29) is 5.69 Å². The first-order valence-electron chi connectivity index (χ1n) is 9.13. The molecule has 0 fully saturated rings. The molecule has 0 saturated heterocycles. The van der Waals surface area contributed by atoms with Gasteiger partial charge in [0.25, 0.3) is 0 Å². The van der Waals surface area contributed by atoms with E-state index in [9.17, 15) is 13.2 Å². The highest BCUT2D eigenvalue weighted by Gasteiger charge is 2.34. The first kappa shape index (κ1) is 18.8. The SMILES string of the molecule is CC(C)c1cccc2c1sc1c(N(C)c3ccccc3C(F)(F)F)cccc12. The lowest BCUT2D eigenvalue weighted by molar-refractivity contribution is -0.137. The number of alkyl halides is 3. The zero-order chi connectivity index (χ0) is 20.1. The van der Waals surface area contributed by atoms with E-state index in [1.165, 1.54) is 22.4 Å². The van der Waals surface area contributed by atoms with Gasteiger partial charge in [0, 0.05) is 22.5 Å². The predicted octanol–water partition coefficient (Wildman–Crippen LogP) is 7.96. The van der Waals surface area contributed by atoms with Crippen molar-refractivity contribution in [1.82, 2.24) is 0 Å². The van der Waals surface area contributed by atoms with E-state index < -0.39 is 11.7 Å². The molecule has 0 N–H and O–H groups in total. The van der Waals surface area contributed by atoms with Crippen molar-refractivity contribution in [2.75, 3.05) is 11.9 Å². The van der Waals surface area contributed by atoms with Crippen LogP contribution in [-0.2, 0) is 6.18 Å². The van der Waals surface area contributed by atoms with Crippen molar-refractivity contribution in [3.05, 3.63) is 71.8 Å². The van der Waals surface area contributed by atoms with Crippen molar-refractivity contribution in [2.24, 2.45) is 0 Å². The fraction of sp³-hybridized carbons (Fsp3) is 0.217. The highest BCUT2D eigenvalue weighted by atomic mass is 32.1. The summed E-state index contributed by atoms with van der Waals surface area (Å²) >= 11 is 1.66. The Morgan fingerprint density at radius 3 is 2.07 bits per heavy atom. The molecule has 0 amide bonds. The Balaban J connectivity index is 1.96. The molecule has 3 aromatic carbocycles. The number of halogens is 3. The van der Waals surface area contributed by atoms with Crippen LogP contribution >= 0.6 is 11.3 Å². The van der Waals surface area contributed by atoms with Crippen LogP contribution in [0.15, 0.2) is 60.7 Å². The van der Waals surface area contributed by atoms with Crippen LogP contribution < -0.4 is 4.90 Å². The molecule has 0 unspecified atom stereocenters. The molecule has 0 aliphatic rings. The Labute approximate surface area is 166 Å². The summed E-state index contributed by atoms with van der Waals surface area (Å²) in [7, 11) is 1.70. The Morgan fingerprint density at radius 2 is 1.39 bits per heavy atom. The van der Waals surface area contributed by atoms with E-state index in [4.69, 9.17) is 0 Å². The third-order valence-corrected chi connectivity index (χ3v) is 6.38. The zero-order valence-corrected chi connectivity index (χ0v) is 16.7. The average Bonchev–Trinajstić information content (AvgIpc) is 3.05. The molecule has 0 aliphatic heterocycles. The van der Waals surface area contributed by atoms with Gasteiger partial charge in [0.1, 0.15) is 0 Å². The fourth-order valence-electron chi connectivity index (χ4n) is 3.68. The van der Waals surface area contributed by atoms with E-state index in [1.54, 1.807) is 29.4 Å². The number of nitrogens with zero attached hydrogens (tertiary/aromatic N) is 1. The zero-order valence-electron chi connectivity index (χ0n) is 15.8. The highest BCUT2D eigenvalue weighted by Crippen LogP contribution is 2.45. The van der Waals surface area contributed by atoms with Crippen molar-refractivity contribution in [3.63, 3.8) is 0 Å². The minimum Gasteiger partial charge on any atom is -0.343 e. The van der Waals surface area contributed by atoms with Gasteiger partial charge >= 0.3 is 6.18 Å². The summed E-state index contributed by atoms with van der Waals surface area (Å²) in [6.45, 7) is 4.32. The van der Waals surface area contributed by atoms with Crippen LogP contribution in [0.3, 0.4) is 0 Å². The molecule has 0 spiro atoms. The number of hydrogen-bond donors (Lipinski definition) is 0. The Kier molecular flexibility index (Phi) is 4.58. The van der Waals surface area contributed by atoms with Crippen LogP contribution in [0.1, 0.15) is 30.9 Å². The molecular formula is C23H20F3NS. The molecule has 5 heteroatoms. The number of anilines is 2. The largest absolute Gasteiger partial charge is 0.418 e. The molecule has 1 aromatic heterocycles. The number of hydrogen-bond acceptors (Lipinski definition) is 2. The summed E-state index contributed by atoms with van der Waals surface area (Å²) in [6.07, 6.45) is -4.40. The van der Waals surface area contributed by atoms with Gasteiger partial charge in [0.2, 0.25) is 0 Å². The number of rotatable bonds is 3. The smallest absolute Gasteiger partial charge is 0.343 e. The van der Waals surface area contributed by atoms with E-state index in [1.807, 2.05) is 18.2 Å². The van der Waals surface area contributed by atoms with Gasteiger partial charge in [0.05, 0.1) is 21.6 Å². The maximum Gasteiger partial charge on any atom is 0.418 e. The first-order chi connectivity index (χ1) is 13.3. The van der Waals surface area contributed by atoms with Crippen molar-refractivity contribution in [3.8, 4) is 0 Å². The quantitative estimate of drug-likeness (QED) is 0.338. The van der Waals surface area contributed by atoms with Crippen LogP contribution in [0.4, 0.5) is 24.5 Å². The molecule has 0 radical (unpaired) electrons. The van der Waals surface area contributed by atoms with Crippen molar-refractivity contribution in [1.29, 1.82) is 0 Å². The molecule has 0 atom stereocenters. The maximum atomic E-state index is 13.5. The minimum absolute atomic E-state index is 0.157. The van der Waals surface area contributed by atoms with Crippen molar-refractivity contribution < 1.29 is 13.2 Å². The second-order valence-electron chi connectivity index (χ2n) is 7.21. The third kappa shape index (κ3) is 3.04. The molecule has 28 heavy (non-hydrogen) atoms. The lowest BCUT2D eigenvalue weighted by atomic mass is 10.0. The molecule has 0 bridgehead atoms. The van der Waals surface area contributed by atoms with Gasteiger partial charge in [0.15, 0.2) is 0 Å². The van der Waals surface area contributed by atoms with Crippen LogP contribution in [0.2, 0.25) is 0 Å². The van der Waals surface area contributed by atoms with Gasteiger partial charge in [-0.05, 0) is 29.7 Å². The van der Waals surface area contributed by atoms with Gasteiger partial charge in [-0.1, -0.05) is 56.3 Å². The topological polar surface area (TPSA) is 3.24 Å². The lowest BCUT2D eigenvalue weighted by Crippen LogP contribution is -2.16. The minimum atomic E-state index is -4.40. The standard InChI is InChI=1S/C23H20F3NS/c1-14(2)15-8-6-9-16-17-10-7-13-20(22(17)28-21(15)16)27(3)19-12-5-4-11-18(19)23(24,25)26/h4-14H,1-3H3. The normalized spacial score (nSPS) is 12.2. The van der Waals surface area contributed by atoms with Gasteiger partial charge in [-0.15, -0.1) is 11.3 Å². The number of para-hydroxylation sites is 1. The molecule has 0 saturated carbocycles. The summed E-state index contributed by atoms with van der Waals surface area (Å²) in [5, 5.41) is 2.24. The second kappa shape index (κ2) is 6.82. The average molecular weight is 399 g/mol. The molecular weight excluding hydrogens is 379 g/mol. The third-order valence-electron chi connectivity index (χ3n) is 5.09. The van der Waals surface area contributed by atoms with E-state index in [2.05, 4.69) is 32.0 Å². The van der Waals surface area contributed by atoms with E-state index in [0.717, 1.165) is 27.2 Å². The first-order valence-corrected chi connectivity index (χ1v) is 9.94. The second-order valence-corrected chi connectivity index (χ2v) is 8.23. The number of thiophene rings is 1. The predicted molar refractivity (Wildman–Crippen MR) is 113 cm³/mol. The summed E-state index contributed by atoms with van der Waals surface area (Å²) in [5.41, 5.74) is 1.58. The maximum absolute atomic E-state index is 13.5. The Hall–Kier alpha value is -2.53. The summed E-state index contributed by atoms with van der Waals surface area (Å²) in [5.74, 6) is 0.379. The lowest BCUT2D eigenvalue weighted by Gasteiger charge is -2.24. The summed E-state index contributed by atoms with van der Waals surface area (Å²) in [6, 6.07) is 17.8. The van der Waals surface area contributed by atoms with Crippen molar-refractivity contribution in [2.45, 2.75) is 25.9 Å². The van der Waals surface area contributed by atoms with E-state index in [0.29, 0.717) is 5.92 Å².